The van der Waals surface area contributed by atoms with Crippen molar-refractivity contribution in [2.24, 2.45) is 5.92 Å². The molecule has 14 heteroatoms. The minimum atomic E-state index is -0.691. The summed E-state index contributed by atoms with van der Waals surface area (Å²) in [7, 11) is 1.50. The van der Waals surface area contributed by atoms with Gasteiger partial charge in [0.05, 0.1) is 46.4 Å². The minimum Gasteiger partial charge on any atom is -0.495 e. The molecule has 3 amide bonds. The number of fused-ring (bicyclic) bond motifs is 2. The summed E-state index contributed by atoms with van der Waals surface area (Å²) >= 11 is 6.77. The SMILES string of the molecule is COc1cc(C(=O)N2CCC3CN(C(=O)OC(C)(C)C)CC32)c(Cl)cc1Nc1nccc(-c2cc(C#N)c3c(c2)C(C)(C)CN3C(=O)OC(C)(C)C)n1. The van der Waals surface area contributed by atoms with Crippen LogP contribution in [-0.2, 0) is 14.9 Å². The smallest absolute Gasteiger partial charge is 0.414 e. The van der Waals surface area contributed by atoms with Gasteiger partial charge in [-0.15, -0.1) is 0 Å². The van der Waals surface area contributed by atoms with Gasteiger partial charge in [0, 0.05) is 49.3 Å². The van der Waals surface area contributed by atoms with Crippen molar-refractivity contribution in [1.29, 1.82) is 5.26 Å². The van der Waals surface area contributed by atoms with Crippen molar-refractivity contribution in [3.63, 3.8) is 0 Å². The van der Waals surface area contributed by atoms with Crippen molar-refractivity contribution in [2.75, 3.05) is 43.5 Å². The van der Waals surface area contributed by atoms with Gasteiger partial charge < -0.3 is 29.3 Å². The zero-order valence-electron chi connectivity index (χ0n) is 31.7. The summed E-state index contributed by atoms with van der Waals surface area (Å²) in [6, 6.07) is 10.7. The van der Waals surface area contributed by atoms with Crippen molar-refractivity contribution in [3.05, 3.63) is 58.2 Å². The molecule has 4 heterocycles. The standard InChI is InChI=1S/C39H46ClN7O6/c1-37(2,3)52-35(49)45-19-22-11-13-46(30(22)20-45)33(48)25-16-31(51-9)29(17-27(25)40)44-34-42-12-10-28(43-34)23-14-24(18-41)32-26(15-23)39(7,8)21-47(32)36(50)53-38(4,5)6/h10,12,14-17,22,30H,11,13,19-21H2,1-9H3,(H,42,43,44). The maximum absolute atomic E-state index is 13.9. The second-order valence-corrected chi connectivity index (χ2v) is 16.8. The lowest BCUT2D eigenvalue weighted by Crippen LogP contribution is -2.42. The van der Waals surface area contributed by atoms with Gasteiger partial charge in [-0.25, -0.2) is 19.6 Å². The Kier molecular flexibility index (Phi) is 9.74. The maximum Gasteiger partial charge on any atom is 0.414 e. The van der Waals surface area contributed by atoms with Gasteiger partial charge in [0.2, 0.25) is 5.95 Å². The van der Waals surface area contributed by atoms with Gasteiger partial charge in [0.15, 0.2) is 0 Å². The largest absolute Gasteiger partial charge is 0.495 e. The van der Waals surface area contributed by atoms with Crippen LogP contribution in [0.15, 0.2) is 36.5 Å². The number of nitrogens with one attached hydrogen (secondary N) is 1. The van der Waals surface area contributed by atoms with E-state index in [2.05, 4.69) is 16.4 Å². The van der Waals surface area contributed by atoms with Crippen LogP contribution in [0.3, 0.4) is 0 Å². The number of likely N-dealkylation sites (tertiary alicyclic amines) is 2. The Labute approximate surface area is 315 Å². The lowest BCUT2D eigenvalue weighted by molar-refractivity contribution is 0.0268. The number of aromatic nitrogens is 2. The number of ether oxygens (including phenoxy) is 3. The van der Waals surface area contributed by atoms with Crippen LogP contribution in [0, 0.1) is 17.2 Å². The molecule has 280 valence electrons. The fourth-order valence-electron chi connectivity index (χ4n) is 7.23. The summed E-state index contributed by atoms with van der Waals surface area (Å²) in [4.78, 5) is 54.0. The lowest BCUT2D eigenvalue weighted by atomic mass is 9.85. The molecule has 1 N–H and O–H groups in total. The molecule has 3 aromatic rings. The Morgan fingerprint density at radius 3 is 2.38 bits per heavy atom. The average molecular weight is 744 g/mol. The van der Waals surface area contributed by atoms with Crippen LogP contribution in [0.2, 0.25) is 5.02 Å². The van der Waals surface area contributed by atoms with Gasteiger partial charge in [0.1, 0.15) is 23.0 Å². The van der Waals surface area contributed by atoms with Crippen LogP contribution < -0.4 is 15.0 Å². The number of methoxy groups -OCH3 is 1. The summed E-state index contributed by atoms with van der Waals surface area (Å²) in [6.45, 7) is 16.8. The molecule has 3 aliphatic rings. The third kappa shape index (κ3) is 7.69. The molecule has 2 saturated heterocycles. The molecule has 0 aliphatic carbocycles. The Morgan fingerprint density at radius 2 is 1.72 bits per heavy atom. The molecule has 2 atom stereocenters. The number of nitrogens with zero attached hydrogens (tertiary/aromatic N) is 6. The van der Waals surface area contributed by atoms with Crippen LogP contribution in [0.5, 0.6) is 5.75 Å². The summed E-state index contributed by atoms with van der Waals surface area (Å²) in [5.41, 5.74) is 1.89. The highest BCUT2D eigenvalue weighted by Crippen LogP contribution is 2.45. The fraction of sp³-hybridized carbons (Fsp3) is 0.487. The first-order valence-corrected chi connectivity index (χ1v) is 18.0. The van der Waals surface area contributed by atoms with E-state index >= 15 is 0 Å². The number of anilines is 3. The van der Waals surface area contributed by atoms with Crippen molar-refractivity contribution in [3.8, 4) is 23.1 Å². The molecule has 0 bridgehead atoms. The molecule has 2 aromatic carbocycles. The second kappa shape index (κ2) is 13.7. The Morgan fingerprint density at radius 1 is 1.02 bits per heavy atom. The number of amides is 3. The van der Waals surface area contributed by atoms with Gasteiger partial charge >= 0.3 is 12.2 Å². The number of carbonyl (C=O) groups excluding carboxylic acids is 3. The lowest BCUT2D eigenvalue weighted by Gasteiger charge is -2.27. The molecular weight excluding hydrogens is 698 g/mol. The van der Waals surface area contributed by atoms with Crippen LogP contribution in [0.1, 0.15) is 83.3 Å². The fourth-order valence-corrected chi connectivity index (χ4v) is 7.48. The number of halogens is 1. The predicted octanol–water partition coefficient (Wildman–Crippen LogP) is 7.53. The average Bonchev–Trinajstić information content (AvgIpc) is 3.74. The van der Waals surface area contributed by atoms with Gasteiger partial charge in [-0.05, 0) is 83.9 Å². The topological polar surface area (TPSA) is 150 Å². The maximum atomic E-state index is 13.9. The van der Waals surface area contributed by atoms with E-state index < -0.39 is 22.7 Å². The minimum absolute atomic E-state index is 0.141. The first-order chi connectivity index (χ1) is 24.8. The van der Waals surface area contributed by atoms with Gasteiger partial charge in [-0.3, -0.25) is 9.69 Å². The Balaban J connectivity index is 1.23. The van der Waals surface area contributed by atoms with E-state index in [0.717, 1.165) is 12.0 Å². The van der Waals surface area contributed by atoms with E-state index in [4.69, 9.17) is 30.8 Å². The molecule has 2 unspecified atom stereocenters. The van der Waals surface area contributed by atoms with Crippen LogP contribution >= 0.6 is 11.6 Å². The number of hydrogen-bond acceptors (Lipinski definition) is 10. The molecule has 0 spiro atoms. The number of benzene rings is 2. The molecule has 53 heavy (non-hydrogen) atoms. The normalized spacial score (nSPS) is 19.0. The molecule has 3 aliphatic heterocycles. The third-order valence-electron chi connectivity index (χ3n) is 9.57. The molecule has 6 rings (SSSR count). The van der Waals surface area contributed by atoms with Crippen molar-refractivity contribution in [1.82, 2.24) is 19.8 Å². The van der Waals surface area contributed by atoms with Gasteiger partial charge in [-0.2, -0.15) is 5.26 Å². The molecule has 0 saturated carbocycles. The Bertz CT molecular complexity index is 2010. The van der Waals surface area contributed by atoms with E-state index in [0.29, 0.717) is 60.1 Å². The number of rotatable bonds is 5. The van der Waals surface area contributed by atoms with E-state index in [1.165, 1.54) is 12.0 Å². The Hall–Kier alpha value is -5.09. The predicted molar refractivity (Wildman–Crippen MR) is 201 cm³/mol. The quantitative estimate of drug-likeness (QED) is 0.278. The zero-order chi connectivity index (χ0) is 38.6. The molecule has 0 radical (unpaired) electrons. The number of carbonyl (C=O) groups is 3. The van der Waals surface area contributed by atoms with E-state index in [1.807, 2.05) is 61.5 Å². The molecule has 2 fully saturated rings. The molecule has 13 nitrogen and oxygen atoms in total. The highest BCUT2D eigenvalue weighted by atomic mass is 35.5. The van der Waals surface area contributed by atoms with Crippen LogP contribution in [0.4, 0.5) is 26.9 Å². The van der Waals surface area contributed by atoms with Crippen LogP contribution in [-0.4, -0.2) is 88.4 Å². The second-order valence-electron chi connectivity index (χ2n) is 16.4. The molecular formula is C39H46ClN7O6. The highest BCUT2D eigenvalue weighted by molar-refractivity contribution is 6.34. The number of nitriles is 1. The van der Waals surface area contributed by atoms with Crippen molar-refractivity contribution in [2.45, 2.75) is 84.5 Å². The monoisotopic (exact) mass is 743 g/mol. The number of hydrogen-bond donors (Lipinski definition) is 1. The zero-order valence-corrected chi connectivity index (χ0v) is 32.4. The summed E-state index contributed by atoms with van der Waals surface area (Å²) in [6.07, 6.45) is 1.49. The van der Waals surface area contributed by atoms with Crippen LogP contribution in [0.25, 0.3) is 11.3 Å². The van der Waals surface area contributed by atoms with Gasteiger partial charge in [0.25, 0.3) is 5.91 Å². The summed E-state index contributed by atoms with van der Waals surface area (Å²) < 4.78 is 16.9. The van der Waals surface area contributed by atoms with Crippen molar-refractivity contribution >= 4 is 47.0 Å². The van der Waals surface area contributed by atoms with E-state index in [1.54, 1.807) is 40.3 Å². The third-order valence-corrected chi connectivity index (χ3v) is 9.89. The highest BCUT2D eigenvalue weighted by Gasteiger charge is 2.46. The van der Waals surface area contributed by atoms with E-state index in [-0.39, 0.29) is 40.5 Å². The summed E-state index contributed by atoms with van der Waals surface area (Å²) in [5.74, 6) is 0.509. The molecule has 1 aromatic heterocycles. The summed E-state index contributed by atoms with van der Waals surface area (Å²) in [5, 5.41) is 13.6. The first kappa shape index (κ1) is 37.7. The first-order valence-electron chi connectivity index (χ1n) is 17.6. The van der Waals surface area contributed by atoms with Gasteiger partial charge in [-0.1, -0.05) is 25.4 Å². The van der Waals surface area contributed by atoms with Crippen molar-refractivity contribution < 1.29 is 28.6 Å². The van der Waals surface area contributed by atoms with E-state index in [9.17, 15) is 19.6 Å².